The lowest BCUT2D eigenvalue weighted by Crippen LogP contribution is -2.41. The van der Waals surface area contributed by atoms with Gasteiger partial charge in [0.2, 0.25) is 5.91 Å². The van der Waals surface area contributed by atoms with Crippen LogP contribution in [0, 0.1) is 5.82 Å². The van der Waals surface area contributed by atoms with Gasteiger partial charge in [-0.25, -0.2) is 14.2 Å². The molecule has 0 saturated carbocycles. The number of halogens is 1. The highest BCUT2D eigenvalue weighted by Crippen LogP contribution is 2.07. The van der Waals surface area contributed by atoms with Crippen LogP contribution in [0.5, 0.6) is 0 Å². The number of aryl methyl sites for hydroxylation is 1. The lowest BCUT2D eigenvalue weighted by molar-refractivity contribution is -0.121. The second-order valence-electron chi connectivity index (χ2n) is 4.99. The Bertz CT molecular complexity index is 797. The smallest absolute Gasteiger partial charge is 0.410 e. The van der Waals surface area contributed by atoms with Gasteiger partial charge in [-0.3, -0.25) is 25.8 Å². The van der Waals surface area contributed by atoms with E-state index in [0.717, 1.165) is 0 Å². The maximum Gasteiger partial charge on any atom is 0.410 e. The van der Waals surface area contributed by atoms with Crippen LogP contribution >= 0.6 is 0 Å². The van der Waals surface area contributed by atoms with Gasteiger partial charge in [0.05, 0.1) is 0 Å². The van der Waals surface area contributed by atoms with Crippen LogP contribution in [0.1, 0.15) is 22.3 Å². The fraction of sp³-hybridized carbons (Fsp3) is 0.125. The molecule has 130 valence electrons. The van der Waals surface area contributed by atoms with Crippen molar-refractivity contribution in [3.8, 4) is 0 Å². The molecule has 0 bridgehead atoms. The molecule has 1 aromatic heterocycles. The molecule has 3 amide bonds. The van der Waals surface area contributed by atoms with Crippen LogP contribution in [-0.2, 0) is 11.2 Å². The topological polar surface area (TPSA) is 120 Å². The van der Waals surface area contributed by atoms with Gasteiger partial charge in [-0.1, -0.05) is 12.1 Å². The van der Waals surface area contributed by atoms with Crippen molar-refractivity contribution in [2.24, 2.45) is 0 Å². The molecule has 0 aliphatic heterocycles. The summed E-state index contributed by atoms with van der Waals surface area (Å²) in [7, 11) is 0. The molecule has 1 heterocycles. The highest BCUT2D eigenvalue weighted by molar-refractivity contribution is 5.96. The van der Waals surface area contributed by atoms with E-state index < -0.39 is 17.9 Å². The van der Waals surface area contributed by atoms with Gasteiger partial charge in [0.1, 0.15) is 11.6 Å². The van der Waals surface area contributed by atoms with Crippen LogP contribution in [-0.4, -0.2) is 28.0 Å². The first-order valence-corrected chi connectivity index (χ1v) is 7.23. The molecular formula is C16H15FN4O4. The Balaban J connectivity index is 1.83. The van der Waals surface area contributed by atoms with E-state index in [1.165, 1.54) is 30.5 Å². The van der Waals surface area contributed by atoms with Crippen molar-refractivity contribution in [2.45, 2.75) is 12.8 Å². The summed E-state index contributed by atoms with van der Waals surface area (Å²) in [5, 5.41) is 10.6. The van der Waals surface area contributed by atoms with Crippen LogP contribution in [0.15, 0.2) is 42.6 Å². The van der Waals surface area contributed by atoms with Crippen molar-refractivity contribution >= 4 is 23.7 Å². The summed E-state index contributed by atoms with van der Waals surface area (Å²) in [6.07, 6.45) is 0.329. The minimum absolute atomic E-state index is 0.0161. The van der Waals surface area contributed by atoms with Crippen molar-refractivity contribution in [1.82, 2.24) is 15.8 Å². The Morgan fingerprint density at radius 3 is 2.64 bits per heavy atom. The number of carbonyl (C=O) groups excluding carboxylic acids is 2. The minimum atomic E-state index is -1.31. The number of carboxylic acid groups (broad SMARTS) is 1. The first kappa shape index (κ1) is 17.9. The zero-order chi connectivity index (χ0) is 18.2. The van der Waals surface area contributed by atoms with Crippen molar-refractivity contribution in [2.75, 3.05) is 5.32 Å². The normalized spacial score (nSPS) is 9.96. The number of amides is 3. The van der Waals surface area contributed by atoms with Gasteiger partial charge in [-0.2, -0.15) is 0 Å². The number of pyridine rings is 1. The molecule has 0 aliphatic carbocycles. The number of benzene rings is 1. The average Bonchev–Trinajstić information content (AvgIpc) is 2.57. The third-order valence-electron chi connectivity index (χ3n) is 3.10. The van der Waals surface area contributed by atoms with Crippen molar-refractivity contribution < 1.29 is 23.9 Å². The standard InChI is InChI=1S/C16H15FN4O4/c17-12-3-1-2-10(8-12)4-5-14(22)20-21-15(23)11-6-7-18-13(9-11)19-16(24)25/h1-3,6-9H,4-5H2,(H,18,19)(H,20,22)(H,21,23)(H,24,25). The maximum absolute atomic E-state index is 13.0. The number of hydrazine groups is 1. The van der Waals surface area contributed by atoms with E-state index in [2.05, 4.69) is 15.8 Å². The minimum Gasteiger partial charge on any atom is -0.465 e. The van der Waals surface area contributed by atoms with Gasteiger partial charge in [-0.15, -0.1) is 0 Å². The highest BCUT2D eigenvalue weighted by Gasteiger charge is 2.10. The predicted molar refractivity (Wildman–Crippen MR) is 86.2 cm³/mol. The van der Waals surface area contributed by atoms with Gasteiger partial charge in [0.25, 0.3) is 5.91 Å². The molecule has 0 spiro atoms. The largest absolute Gasteiger partial charge is 0.465 e. The number of aromatic nitrogens is 1. The molecule has 25 heavy (non-hydrogen) atoms. The van der Waals surface area contributed by atoms with Crippen LogP contribution in [0.2, 0.25) is 0 Å². The average molecular weight is 346 g/mol. The Hall–Kier alpha value is -3.49. The molecule has 1 aromatic carbocycles. The van der Waals surface area contributed by atoms with Crippen LogP contribution < -0.4 is 16.2 Å². The number of nitrogens with zero attached hydrogens (tertiary/aromatic N) is 1. The summed E-state index contributed by atoms with van der Waals surface area (Å²) in [5.41, 5.74) is 5.23. The first-order chi connectivity index (χ1) is 11.9. The number of nitrogens with one attached hydrogen (secondary N) is 3. The van der Waals surface area contributed by atoms with Crippen molar-refractivity contribution in [1.29, 1.82) is 0 Å². The second kappa shape index (κ2) is 8.39. The Morgan fingerprint density at radius 1 is 1.12 bits per heavy atom. The molecule has 9 heteroatoms. The van der Waals surface area contributed by atoms with Crippen LogP contribution in [0.3, 0.4) is 0 Å². The summed E-state index contributed by atoms with van der Waals surface area (Å²) in [6.45, 7) is 0. The fourth-order valence-corrected chi connectivity index (χ4v) is 1.96. The first-order valence-electron chi connectivity index (χ1n) is 7.23. The van der Waals surface area contributed by atoms with E-state index in [1.54, 1.807) is 12.1 Å². The maximum atomic E-state index is 13.0. The summed E-state index contributed by atoms with van der Waals surface area (Å²) in [5.74, 6) is -1.47. The molecule has 8 nitrogen and oxygen atoms in total. The SMILES string of the molecule is O=C(O)Nc1cc(C(=O)NNC(=O)CCc2cccc(F)c2)ccn1. The third kappa shape index (κ3) is 5.90. The molecule has 2 rings (SSSR count). The molecule has 2 aromatic rings. The Morgan fingerprint density at radius 2 is 1.92 bits per heavy atom. The van der Waals surface area contributed by atoms with E-state index in [0.29, 0.717) is 12.0 Å². The molecule has 0 radical (unpaired) electrons. The van der Waals surface area contributed by atoms with Gasteiger partial charge in [0.15, 0.2) is 0 Å². The van der Waals surface area contributed by atoms with E-state index in [-0.39, 0.29) is 23.6 Å². The van der Waals surface area contributed by atoms with E-state index in [4.69, 9.17) is 5.11 Å². The summed E-state index contributed by atoms with van der Waals surface area (Å²) < 4.78 is 13.0. The summed E-state index contributed by atoms with van der Waals surface area (Å²) >= 11 is 0. The molecule has 4 N–H and O–H groups in total. The zero-order valence-corrected chi connectivity index (χ0v) is 13.0. The summed E-state index contributed by atoms with van der Waals surface area (Å²) in [6, 6.07) is 8.48. The van der Waals surface area contributed by atoms with Gasteiger partial charge in [0, 0.05) is 18.2 Å². The Kier molecular flexibility index (Phi) is 5.99. The molecular weight excluding hydrogens is 331 g/mol. The van der Waals surface area contributed by atoms with E-state index in [1.807, 2.05) is 5.32 Å². The molecule has 0 atom stereocenters. The van der Waals surface area contributed by atoms with Crippen molar-refractivity contribution in [3.63, 3.8) is 0 Å². The highest BCUT2D eigenvalue weighted by atomic mass is 19.1. The fourth-order valence-electron chi connectivity index (χ4n) is 1.96. The van der Waals surface area contributed by atoms with Gasteiger partial charge >= 0.3 is 6.09 Å². The van der Waals surface area contributed by atoms with Crippen molar-refractivity contribution in [3.05, 3.63) is 59.5 Å². The number of hydrogen-bond donors (Lipinski definition) is 4. The second-order valence-corrected chi connectivity index (χ2v) is 4.99. The summed E-state index contributed by atoms with van der Waals surface area (Å²) in [4.78, 5) is 37.9. The molecule has 0 fully saturated rings. The predicted octanol–water partition coefficient (Wildman–Crippen LogP) is 1.70. The quantitative estimate of drug-likeness (QED) is 0.614. The third-order valence-corrected chi connectivity index (χ3v) is 3.10. The Labute approximate surface area is 142 Å². The van der Waals surface area contributed by atoms with Gasteiger partial charge < -0.3 is 5.11 Å². The number of anilines is 1. The number of carbonyl (C=O) groups is 3. The van der Waals surface area contributed by atoms with Crippen LogP contribution in [0.4, 0.5) is 15.0 Å². The van der Waals surface area contributed by atoms with E-state index >= 15 is 0 Å². The lowest BCUT2D eigenvalue weighted by atomic mass is 10.1. The van der Waals surface area contributed by atoms with Gasteiger partial charge in [-0.05, 0) is 36.2 Å². The monoisotopic (exact) mass is 346 g/mol. The molecule has 0 aliphatic rings. The molecule has 0 unspecified atom stereocenters. The lowest BCUT2D eigenvalue weighted by Gasteiger charge is -2.08. The zero-order valence-electron chi connectivity index (χ0n) is 13.0. The molecule has 0 saturated heterocycles. The van der Waals surface area contributed by atoms with Crippen LogP contribution in [0.25, 0.3) is 0 Å². The number of hydrogen-bond acceptors (Lipinski definition) is 4. The number of rotatable bonds is 5. The van der Waals surface area contributed by atoms with E-state index in [9.17, 15) is 18.8 Å².